The molecule has 5 heterocycles. The highest BCUT2D eigenvalue weighted by Crippen LogP contribution is 2.37. The Balaban J connectivity index is 0.750. The molecule has 1 N–H and O–H groups in total. The Morgan fingerprint density at radius 3 is 2.36 bits per heavy atom. The SMILES string of the molecule is COc1cc(N2CCC(N3CCN(C(=O)CCCCCOc4cccc5c4C(=O)N(C4CCC(=O)NC4=O)C5=O)CC3)CC2)ccc1Cc1ncc(Cl)c(Cc2ccccc2P(C)(C)=O)n1. The number of aromatic nitrogens is 2. The second-order valence-corrected chi connectivity index (χ2v) is 21.4. The van der Waals surface area contributed by atoms with Gasteiger partial charge >= 0.3 is 0 Å². The van der Waals surface area contributed by atoms with Gasteiger partial charge in [-0.3, -0.25) is 39.1 Å². The number of fused-ring (bicyclic) bond motifs is 1. The van der Waals surface area contributed by atoms with Crippen LogP contribution in [0.1, 0.15) is 94.7 Å². The van der Waals surface area contributed by atoms with Gasteiger partial charge < -0.3 is 23.8 Å². The van der Waals surface area contributed by atoms with Crippen LogP contribution in [0.2, 0.25) is 5.02 Å². The predicted molar refractivity (Wildman–Crippen MR) is 252 cm³/mol. The van der Waals surface area contributed by atoms with E-state index in [4.69, 9.17) is 26.1 Å². The molecule has 66 heavy (non-hydrogen) atoms. The zero-order chi connectivity index (χ0) is 46.5. The van der Waals surface area contributed by atoms with E-state index in [1.807, 2.05) is 29.2 Å². The molecule has 1 aromatic heterocycles. The van der Waals surface area contributed by atoms with Gasteiger partial charge in [0.25, 0.3) is 11.8 Å². The van der Waals surface area contributed by atoms with Gasteiger partial charge in [-0.2, -0.15) is 0 Å². The fourth-order valence-electron chi connectivity index (χ4n) is 9.59. The first-order chi connectivity index (χ1) is 31.8. The van der Waals surface area contributed by atoms with Crippen molar-refractivity contribution in [2.75, 3.05) is 71.2 Å². The largest absolute Gasteiger partial charge is 0.496 e. The summed E-state index contributed by atoms with van der Waals surface area (Å²) < 4.78 is 24.8. The maximum atomic E-state index is 13.3. The maximum absolute atomic E-state index is 13.3. The summed E-state index contributed by atoms with van der Waals surface area (Å²) in [6.45, 7) is 8.85. The molecule has 0 radical (unpaired) electrons. The lowest BCUT2D eigenvalue weighted by Crippen LogP contribution is -2.54. The molecular formula is C49H57ClN7O8P. The number of piperazine rings is 1. The lowest BCUT2D eigenvalue weighted by atomic mass is 10.0. The van der Waals surface area contributed by atoms with E-state index in [1.165, 1.54) is 0 Å². The molecule has 3 fully saturated rings. The van der Waals surface area contributed by atoms with Gasteiger partial charge in [-0.05, 0) is 75.6 Å². The quantitative estimate of drug-likeness (QED) is 0.0825. The van der Waals surface area contributed by atoms with Gasteiger partial charge in [0, 0.05) is 99.8 Å². The molecule has 3 saturated heterocycles. The fourth-order valence-corrected chi connectivity index (χ4v) is 11.0. The van der Waals surface area contributed by atoms with Gasteiger partial charge in [-0.15, -0.1) is 0 Å². The highest BCUT2D eigenvalue weighted by atomic mass is 35.5. The molecular weight excluding hydrogens is 881 g/mol. The zero-order valence-corrected chi connectivity index (χ0v) is 39.5. The van der Waals surface area contributed by atoms with E-state index in [9.17, 15) is 28.5 Å². The maximum Gasteiger partial charge on any atom is 0.266 e. The summed E-state index contributed by atoms with van der Waals surface area (Å²) in [5, 5.41) is 3.52. The third-order valence-electron chi connectivity index (χ3n) is 13.2. The van der Waals surface area contributed by atoms with Gasteiger partial charge in [-0.1, -0.05) is 48.0 Å². The van der Waals surface area contributed by atoms with E-state index in [1.54, 1.807) is 44.8 Å². The van der Waals surface area contributed by atoms with Gasteiger partial charge in [0.05, 0.1) is 35.6 Å². The molecule has 4 aromatic rings. The van der Waals surface area contributed by atoms with E-state index < -0.39 is 36.8 Å². The third kappa shape index (κ3) is 10.5. The number of unbranched alkanes of at least 4 members (excludes halogenated alkanes) is 2. The van der Waals surface area contributed by atoms with Crippen LogP contribution in [-0.2, 0) is 31.8 Å². The fraction of sp³-hybridized carbons (Fsp3) is 0.449. The van der Waals surface area contributed by atoms with Crippen molar-refractivity contribution >= 4 is 59.3 Å². The topological polar surface area (TPSA) is 172 Å². The number of piperidine rings is 2. The van der Waals surface area contributed by atoms with Gasteiger partial charge in [0.1, 0.15) is 30.5 Å². The number of benzene rings is 3. The van der Waals surface area contributed by atoms with Crippen LogP contribution >= 0.6 is 18.7 Å². The van der Waals surface area contributed by atoms with Crippen molar-refractivity contribution < 1.29 is 38.0 Å². The first-order valence-electron chi connectivity index (χ1n) is 22.8. The predicted octanol–water partition coefficient (Wildman–Crippen LogP) is 5.72. The zero-order valence-electron chi connectivity index (χ0n) is 37.8. The van der Waals surface area contributed by atoms with Crippen LogP contribution in [0.3, 0.4) is 0 Å². The van der Waals surface area contributed by atoms with Crippen molar-refractivity contribution in [1.82, 2.24) is 30.0 Å². The smallest absolute Gasteiger partial charge is 0.266 e. The molecule has 0 saturated carbocycles. The molecule has 0 aliphatic carbocycles. The molecule has 1 unspecified atom stereocenters. The van der Waals surface area contributed by atoms with E-state index in [2.05, 4.69) is 38.3 Å². The Morgan fingerprint density at radius 2 is 1.62 bits per heavy atom. The number of halogens is 1. The first kappa shape index (κ1) is 46.9. The van der Waals surface area contributed by atoms with Gasteiger partial charge in [0.15, 0.2) is 0 Å². The molecule has 15 nitrogen and oxygen atoms in total. The number of ether oxygens (including phenoxy) is 2. The molecule has 5 amide bonds. The normalized spacial score (nSPS) is 18.4. The molecule has 1 atom stereocenters. The molecule has 0 spiro atoms. The van der Waals surface area contributed by atoms with Crippen molar-refractivity contribution in [2.45, 2.75) is 76.3 Å². The number of nitrogens with zero attached hydrogens (tertiary/aromatic N) is 6. The summed E-state index contributed by atoms with van der Waals surface area (Å²) in [7, 11) is -0.801. The number of imide groups is 2. The van der Waals surface area contributed by atoms with Gasteiger partial charge in [0.2, 0.25) is 17.7 Å². The Bertz CT molecular complexity index is 2550. The Hall–Kier alpha value is -5.63. The summed E-state index contributed by atoms with van der Waals surface area (Å²) in [6.07, 6.45) is 7.40. The Kier molecular flexibility index (Phi) is 14.6. The molecule has 8 rings (SSSR count). The van der Waals surface area contributed by atoms with Gasteiger partial charge in [-0.25, -0.2) is 9.97 Å². The second-order valence-electron chi connectivity index (χ2n) is 17.8. The van der Waals surface area contributed by atoms with Crippen molar-refractivity contribution in [3.8, 4) is 11.5 Å². The summed E-state index contributed by atoms with van der Waals surface area (Å²) in [6, 6.07) is 18.3. The van der Waals surface area contributed by atoms with E-state index in [0.29, 0.717) is 68.0 Å². The summed E-state index contributed by atoms with van der Waals surface area (Å²) >= 11 is 6.57. The minimum Gasteiger partial charge on any atom is -0.496 e. The number of hydrogen-bond acceptors (Lipinski definition) is 12. The molecule has 3 aromatic carbocycles. The molecule has 17 heteroatoms. The van der Waals surface area contributed by atoms with E-state index >= 15 is 0 Å². The minimum atomic E-state index is -2.49. The standard InChI is InChI=1S/C49H57ClN7O8P/c1-64-41-30-35(16-15-32(41)29-43-51-31-37(50)38(52-43)28-33-10-6-7-13-42(33)66(2,3)63)54-21-19-34(20-22-54)55-23-25-56(26-24-55)45(59)14-5-4-8-27-65-40-12-9-11-36-46(40)49(62)57(48(36)61)39-17-18-44(58)53-47(39)60/h6-7,9-13,15-16,30-31,34,39H,4-5,8,14,17-29H2,1-3H3,(H,53,58,60). The van der Waals surface area contributed by atoms with Crippen LogP contribution in [-0.4, -0.2) is 133 Å². The van der Waals surface area contributed by atoms with Crippen molar-refractivity contribution in [1.29, 1.82) is 0 Å². The van der Waals surface area contributed by atoms with Crippen LogP contribution in [0.5, 0.6) is 11.5 Å². The lowest BCUT2D eigenvalue weighted by molar-refractivity contribution is -0.136. The molecule has 4 aliphatic rings. The van der Waals surface area contributed by atoms with Crippen molar-refractivity contribution in [2.24, 2.45) is 0 Å². The highest BCUT2D eigenvalue weighted by molar-refractivity contribution is 7.70. The summed E-state index contributed by atoms with van der Waals surface area (Å²) in [5.74, 6) is -0.380. The Labute approximate surface area is 390 Å². The van der Waals surface area contributed by atoms with Crippen molar-refractivity contribution in [3.05, 3.63) is 106 Å². The van der Waals surface area contributed by atoms with Crippen LogP contribution in [0, 0.1) is 0 Å². The van der Waals surface area contributed by atoms with Crippen LogP contribution in [0.15, 0.2) is 66.9 Å². The number of rotatable bonds is 16. The summed E-state index contributed by atoms with van der Waals surface area (Å²) in [5.41, 5.74) is 4.06. The Morgan fingerprint density at radius 1 is 0.848 bits per heavy atom. The number of anilines is 1. The number of methoxy groups -OCH3 is 1. The molecule has 0 bridgehead atoms. The number of carbonyl (C=O) groups excluding carboxylic acids is 5. The van der Waals surface area contributed by atoms with Crippen LogP contribution in [0.25, 0.3) is 0 Å². The third-order valence-corrected chi connectivity index (χ3v) is 15.1. The average Bonchev–Trinajstić information content (AvgIpc) is 3.57. The number of nitrogens with one attached hydrogen (secondary N) is 1. The minimum absolute atomic E-state index is 0.0537. The van der Waals surface area contributed by atoms with E-state index in [-0.39, 0.29) is 35.6 Å². The average molecular weight is 938 g/mol. The van der Waals surface area contributed by atoms with Crippen LogP contribution < -0.4 is 25.0 Å². The lowest BCUT2D eigenvalue weighted by Gasteiger charge is -2.43. The second kappa shape index (κ2) is 20.5. The first-order valence-corrected chi connectivity index (χ1v) is 25.8. The number of carbonyl (C=O) groups is 5. The van der Waals surface area contributed by atoms with Crippen LogP contribution in [0.4, 0.5) is 5.69 Å². The number of hydrogen-bond donors (Lipinski definition) is 1. The highest BCUT2D eigenvalue weighted by Gasteiger charge is 2.46. The summed E-state index contributed by atoms with van der Waals surface area (Å²) in [4.78, 5) is 80.9. The van der Waals surface area contributed by atoms with E-state index in [0.717, 1.165) is 84.6 Å². The monoisotopic (exact) mass is 937 g/mol. The number of amides is 5. The molecule has 4 aliphatic heterocycles. The molecule has 348 valence electrons. The van der Waals surface area contributed by atoms with Crippen molar-refractivity contribution in [3.63, 3.8) is 0 Å².